The molecule has 1 aromatic rings. The first-order chi connectivity index (χ1) is 6.53. The van der Waals surface area contributed by atoms with E-state index >= 15 is 0 Å². The summed E-state index contributed by atoms with van der Waals surface area (Å²) in [6, 6.07) is 8.55. The summed E-state index contributed by atoms with van der Waals surface area (Å²) in [4.78, 5) is -0.271. The average molecular weight is 231 g/mol. The first kappa shape index (κ1) is 11.9. The summed E-state index contributed by atoms with van der Waals surface area (Å²) in [6.45, 7) is 4.07. The molecule has 0 bridgehead atoms. The number of aryl methyl sites for hydroxylation is 2. The fourth-order valence-electron chi connectivity index (χ4n) is 1.23. The zero-order chi connectivity index (χ0) is 10.6. The number of hydrogen-bond acceptors (Lipinski definition) is 0. The van der Waals surface area contributed by atoms with Crippen molar-refractivity contribution in [3.8, 4) is 0 Å². The number of benzene rings is 1. The lowest BCUT2D eigenvalue weighted by molar-refractivity contribution is 0.633. The molecule has 0 saturated carbocycles. The molecule has 0 aliphatic heterocycles. The molecule has 0 N–H and O–H groups in total. The first-order valence-corrected chi connectivity index (χ1v) is 5.75. The number of halogens is 2. The van der Waals surface area contributed by atoms with Gasteiger partial charge in [0.15, 0.2) is 0 Å². The fourth-order valence-corrected chi connectivity index (χ4v) is 1.45. The molecule has 0 nitrogen and oxygen atoms in total. The number of rotatable bonds is 4. The van der Waals surface area contributed by atoms with Crippen LogP contribution in [0.2, 0.25) is 0 Å². The van der Waals surface area contributed by atoms with Gasteiger partial charge in [0.1, 0.15) is 0 Å². The zero-order valence-corrected chi connectivity index (χ0v) is 10.2. The molecule has 0 radical (unpaired) electrons. The van der Waals surface area contributed by atoms with Crippen LogP contribution in [0.15, 0.2) is 24.3 Å². The van der Waals surface area contributed by atoms with Gasteiger partial charge in [-0.2, -0.15) is 0 Å². The van der Waals surface area contributed by atoms with Crippen LogP contribution in [-0.2, 0) is 6.42 Å². The lowest BCUT2D eigenvalue weighted by Gasteiger charge is -2.18. The highest BCUT2D eigenvalue weighted by molar-refractivity contribution is 6.30. The molecule has 1 aromatic carbocycles. The Labute approximate surface area is 96.2 Å². The minimum Gasteiger partial charge on any atom is -0.125 e. The fraction of sp³-hybridized carbons (Fsp3) is 0.500. The maximum Gasteiger partial charge on any atom is 0.0556 e. The van der Waals surface area contributed by atoms with Gasteiger partial charge in [-0.25, -0.2) is 0 Å². The normalized spacial score (nSPS) is 15.1. The van der Waals surface area contributed by atoms with Crippen molar-refractivity contribution in [3.63, 3.8) is 0 Å². The molecule has 0 aromatic heterocycles. The van der Waals surface area contributed by atoms with E-state index in [4.69, 9.17) is 23.2 Å². The van der Waals surface area contributed by atoms with Gasteiger partial charge in [0, 0.05) is 5.88 Å². The van der Waals surface area contributed by atoms with E-state index in [0.29, 0.717) is 5.88 Å². The van der Waals surface area contributed by atoms with Crippen molar-refractivity contribution < 1.29 is 0 Å². The van der Waals surface area contributed by atoms with Gasteiger partial charge < -0.3 is 0 Å². The van der Waals surface area contributed by atoms with E-state index in [1.165, 1.54) is 11.1 Å². The quantitative estimate of drug-likeness (QED) is 0.682. The van der Waals surface area contributed by atoms with Crippen molar-refractivity contribution in [1.29, 1.82) is 0 Å². The summed E-state index contributed by atoms with van der Waals surface area (Å²) < 4.78 is 0. The monoisotopic (exact) mass is 230 g/mol. The van der Waals surface area contributed by atoms with Crippen molar-refractivity contribution in [3.05, 3.63) is 35.4 Å². The third-order valence-electron chi connectivity index (χ3n) is 2.33. The molecule has 1 atom stereocenters. The molecule has 0 spiro atoms. The van der Waals surface area contributed by atoms with E-state index in [9.17, 15) is 0 Å². The van der Waals surface area contributed by atoms with Crippen molar-refractivity contribution >= 4 is 23.2 Å². The molecular weight excluding hydrogens is 215 g/mol. The lowest BCUT2D eigenvalue weighted by atomic mass is 10.0. The van der Waals surface area contributed by atoms with Crippen LogP contribution >= 0.6 is 23.2 Å². The Morgan fingerprint density at radius 1 is 1.21 bits per heavy atom. The van der Waals surface area contributed by atoms with Gasteiger partial charge in [-0.3, -0.25) is 0 Å². The summed E-state index contributed by atoms with van der Waals surface area (Å²) in [5.74, 6) is 0.500. The van der Waals surface area contributed by atoms with Gasteiger partial charge in [0.2, 0.25) is 0 Å². The molecule has 0 saturated heterocycles. The van der Waals surface area contributed by atoms with Crippen molar-refractivity contribution in [2.45, 2.75) is 31.6 Å². The zero-order valence-electron chi connectivity index (χ0n) is 8.69. The summed E-state index contributed by atoms with van der Waals surface area (Å²) in [6.07, 6.45) is 1.91. The van der Waals surface area contributed by atoms with Crippen molar-refractivity contribution in [1.82, 2.24) is 0 Å². The highest BCUT2D eigenvalue weighted by Crippen LogP contribution is 2.23. The highest BCUT2D eigenvalue weighted by Gasteiger charge is 2.18. The van der Waals surface area contributed by atoms with Crippen LogP contribution in [0.25, 0.3) is 0 Å². The Kier molecular flexibility index (Phi) is 4.28. The molecule has 0 amide bonds. The van der Waals surface area contributed by atoms with Crippen LogP contribution in [-0.4, -0.2) is 10.8 Å². The Morgan fingerprint density at radius 2 is 1.79 bits per heavy atom. The summed E-state index contributed by atoms with van der Waals surface area (Å²) >= 11 is 11.9. The topological polar surface area (TPSA) is 0 Å². The molecule has 1 rings (SSSR count). The van der Waals surface area contributed by atoms with E-state index in [2.05, 4.69) is 31.2 Å². The van der Waals surface area contributed by atoms with Gasteiger partial charge in [0.05, 0.1) is 4.87 Å². The predicted molar refractivity (Wildman–Crippen MR) is 64.5 cm³/mol. The minimum absolute atomic E-state index is 0.271. The van der Waals surface area contributed by atoms with Gasteiger partial charge >= 0.3 is 0 Å². The first-order valence-electron chi connectivity index (χ1n) is 4.84. The lowest BCUT2D eigenvalue weighted by Crippen LogP contribution is -2.19. The summed E-state index contributed by atoms with van der Waals surface area (Å²) in [7, 11) is 0. The molecule has 0 aliphatic rings. The standard InChI is InChI=1S/C12H16Cl2/c1-10-3-5-11(6-4-10)7-8-12(2,14)9-13/h3-6H,7-9H2,1-2H3. The highest BCUT2D eigenvalue weighted by atomic mass is 35.5. The second kappa shape index (κ2) is 5.04. The Morgan fingerprint density at radius 3 is 2.29 bits per heavy atom. The molecule has 0 aliphatic carbocycles. The smallest absolute Gasteiger partial charge is 0.0556 e. The Balaban J connectivity index is 2.50. The predicted octanol–water partition coefficient (Wildman–Crippen LogP) is 4.16. The van der Waals surface area contributed by atoms with Gasteiger partial charge in [-0.1, -0.05) is 29.8 Å². The van der Waals surface area contributed by atoms with Gasteiger partial charge in [0.25, 0.3) is 0 Å². The van der Waals surface area contributed by atoms with E-state index in [0.717, 1.165) is 12.8 Å². The molecule has 1 unspecified atom stereocenters. The van der Waals surface area contributed by atoms with E-state index < -0.39 is 0 Å². The summed E-state index contributed by atoms with van der Waals surface area (Å²) in [5.41, 5.74) is 2.62. The molecule has 78 valence electrons. The molecule has 2 heteroatoms. The van der Waals surface area contributed by atoms with Crippen LogP contribution < -0.4 is 0 Å². The van der Waals surface area contributed by atoms with Crippen LogP contribution in [0.4, 0.5) is 0 Å². The van der Waals surface area contributed by atoms with Gasteiger partial charge in [-0.05, 0) is 32.3 Å². The number of alkyl halides is 2. The van der Waals surface area contributed by atoms with E-state index in [1.54, 1.807) is 0 Å². The van der Waals surface area contributed by atoms with Crippen LogP contribution in [0.5, 0.6) is 0 Å². The Hall–Kier alpha value is -0.200. The second-order valence-corrected chi connectivity index (χ2v) is 5.21. The average Bonchev–Trinajstić information content (AvgIpc) is 2.17. The number of hydrogen-bond donors (Lipinski definition) is 0. The van der Waals surface area contributed by atoms with E-state index in [1.807, 2.05) is 6.92 Å². The van der Waals surface area contributed by atoms with Crippen LogP contribution in [0.3, 0.4) is 0 Å². The third-order valence-corrected chi connectivity index (χ3v) is 3.38. The minimum atomic E-state index is -0.271. The van der Waals surface area contributed by atoms with Crippen molar-refractivity contribution in [2.75, 3.05) is 5.88 Å². The molecule has 14 heavy (non-hydrogen) atoms. The van der Waals surface area contributed by atoms with Crippen LogP contribution in [0, 0.1) is 6.92 Å². The van der Waals surface area contributed by atoms with Gasteiger partial charge in [-0.15, -0.1) is 23.2 Å². The second-order valence-electron chi connectivity index (χ2n) is 4.03. The molecule has 0 heterocycles. The SMILES string of the molecule is Cc1ccc(CCC(C)(Cl)CCl)cc1. The largest absolute Gasteiger partial charge is 0.125 e. The van der Waals surface area contributed by atoms with Crippen molar-refractivity contribution in [2.24, 2.45) is 0 Å². The maximum atomic E-state index is 6.17. The van der Waals surface area contributed by atoms with E-state index in [-0.39, 0.29) is 4.87 Å². The maximum absolute atomic E-state index is 6.17. The molecule has 0 fully saturated rings. The molecular formula is C12H16Cl2. The Bertz CT molecular complexity index is 275. The van der Waals surface area contributed by atoms with Crippen LogP contribution in [0.1, 0.15) is 24.5 Å². The third kappa shape index (κ3) is 3.89. The summed E-state index contributed by atoms with van der Waals surface area (Å²) in [5, 5.41) is 0.